The molecule has 0 fully saturated rings. The summed E-state index contributed by atoms with van der Waals surface area (Å²) in [6.07, 6.45) is 6.91. The van der Waals surface area contributed by atoms with Gasteiger partial charge in [-0.15, -0.1) is 0 Å². The van der Waals surface area contributed by atoms with E-state index in [1.165, 1.54) is 50.9 Å². The zero-order chi connectivity index (χ0) is 15.7. The number of hydrogen-bond donors (Lipinski definition) is 0. The molecule has 0 bridgehead atoms. The average Bonchev–Trinajstić information content (AvgIpc) is 2.59. The maximum Gasteiger partial charge on any atom is -0.00774 e. The molecule has 1 aromatic carbocycles. The molecule has 112 valence electrons. The minimum absolute atomic E-state index is 1.03. The van der Waals surface area contributed by atoms with Crippen molar-refractivity contribution in [3.63, 3.8) is 0 Å². The fourth-order valence-corrected chi connectivity index (χ4v) is 3.35. The molecule has 0 heterocycles. The molecule has 0 heteroatoms. The first-order valence-corrected chi connectivity index (χ1v) is 8.07. The minimum atomic E-state index is 1.03. The summed E-state index contributed by atoms with van der Waals surface area (Å²) in [6.45, 7) is 19.8. The van der Waals surface area contributed by atoms with Crippen LogP contribution < -0.4 is 0 Å². The predicted octanol–water partition coefficient (Wildman–Crippen LogP) is 6.47. The first-order valence-electron chi connectivity index (χ1n) is 8.07. The molecule has 0 unspecified atom stereocenters. The third-order valence-corrected chi connectivity index (χ3v) is 5.11. The Morgan fingerprint density at radius 3 is 2.00 bits per heavy atom. The SMILES string of the molecule is C=C1CC/C(=C/CCC)c2c(C)c(C)c(C)c(C)c2C1=C. The molecule has 0 aromatic heterocycles. The standard InChI is InChI=1S/C21H28/c1-8-9-10-19-12-11-13(2)14(3)20-17(6)15(4)16(5)18(7)21(19)20/h10H,2-3,8-9,11-12H2,1,4-7H3/b19-10-. The number of benzene rings is 1. The van der Waals surface area contributed by atoms with Gasteiger partial charge in [-0.3, -0.25) is 0 Å². The van der Waals surface area contributed by atoms with Crippen molar-refractivity contribution < 1.29 is 0 Å². The van der Waals surface area contributed by atoms with E-state index in [1.54, 1.807) is 0 Å². The number of hydrogen-bond acceptors (Lipinski definition) is 0. The first-order chi connectivity index (χ1) is 9.90. The van der Waals surface area contributed by atoms with Crippen molar-refractivity contribution in [1.29, 1.82) is 0 Å². The van der Waals surface area contributed by atoms with Gasteiger partial charge in [0, 0.05) is 0 Å². The molecule has 1 aliphatic rings. The van der Waals surface area contributed by atoms with Crippen molar-refractivity contribution in [1.82, 2.24) is 0 Å². The molecule has 21 heavy (non-hydrogen) atoms. The lowest BCUT2D eigenvalue weighted by molar-refractivity contribution is 0.947. The van der Waals surface area contributed by atoms with Crippen LogP contribution >= 0.6 is 0 Å². The van der Waals surface area contributed by atoms with E-state index in [4.69, 9.17) is 0 Å². The van der Waals surface area contributed by atoms with Crippen molar-refractivity contribution in [3.05, 3.63) is 58.2 Å². The fourth-order valence-electron chi connectivity index (χ4n) is 3.35. The van der Waals surface area contributed by atoms with E-state index in [1.807, 2.05) is 0 Å². The van der Waals surface area contributed by atoms with Gasteiger partial charge in [0.05, 0.1) is 0 Å². The highest BCUT2D eigenvalue weighted by molar-refractivity contribution is 5.91. The van der Waals surface area contributed by atoms with Gasteiger partial charge in [-0.1, -0.05) is 32.6 Å². The van der Waals surface area contributed by atoms with Crippen LogP contribution in [0.2, 0.25) is 0 Å². The molecular formula is C21H28. The third kappa shape index (κ3) is 2.64. The summed E-state index contributed by atoms with van der Waals surface area (Å²) in [7, 11) is 0. The van der Waals surface area contributed by atoms with Crippen LogP contribution in [0, 0.1) is 27.7 Å². The lowest BCUT2D eigenvalue weighted by atomic mass is 9.83. The minimum Gasteiger partial charge on any atom is -0.0952 e. The Morgan fingerprint density at radius 2 is 1.43 bits per heavy atom. The summed E-state index contributed by atoms with van der Waals surface area (Å²) < 4.78 is 0. The molecule has 0 radical (unpaired) electrons. The molecule has 0 nitrogen and oxygen atoms in total. The second kappa shape index (κ2) is 6.05. The van der Waals surface area contributed by atoms with Crippen LogP contribution in [0.4, 0.5) is 0 Å². The monoisotopic (exact) mass is 280 g/mol. The Hall–Kier alpha value is -1.56. The average molecular weight is 280 g/mol. The van der Waals surface area contributed by atoms with Gasteiger partial charge in [-0.05, 0) is 97.1 Å². The van der Waals surface area contributed by atoms with E-state index < -0.39 is 0 Å². The van der Waals surface area contributed by atoms with Crippen LogP contribution in [0.3, 0.4) is 0 Å². The zero-order valence-electron chi connectivity index (χ0n) is 14.3. The van der Waals surface area contributed by atoms with Gasteiger partial charge in [-0.2, -0.15) is 0 Å². The van der Waals surface area contributed by atoms with Crippen molar-refractivity contribution in [3.8, 4) is 0 Å². The fraction of sp³-hybridized carbons (Fsp3) is 0.429. The van der Waals surface area contributed by atoms with Gasteiger partial charge >= 0.3 is 0 Å². The van der Waals surface area contributed by atoms with Crippen LogP contribution in [-0.2, 0) is 0 Å². The molecule has 0 saturated carbocycles. The van der Waals surface area contributed by atoms with Crippen molar-refractivity contribution >= 4 is 11.1 Å². The molecule has 1 aliphatic carbocycles. The van der Waals surface area contributed by atoms with Crippen LogP contribution in [0.25, 0.3) is 11.1 Å². The maximum absolute atomic E-state index is 4.36. The van der Waals surface area contributed by atoms with E-state index in [0.717, 1.165) is 24.8 Å². The second-order valence-corrected chi connectivity index (χ2v) is 6.35. The number of unbranched alkanes of at least 4 members (excludes halogenated alkanes) is 1. The number of fused-ring (bicyclic) bond motifs is 1. The molecular weight excluding hydrogens is 252 g/mol. The molecule has 1 aromatic rings. The number of rotatable bonds is 2. The van der Waals surface area contributed by atoms with Gasteiger partial charge in [0.15, 0.2) is 0 Å². The third-order valence-electron chi connectivity index (χ3n) is 5.11. The Labute approximate surface area is 130 Å². The van der Waals surface area contributed by atoms with Gasteiger partial charge < -0.3 is 0 Å². The van der Waals surface area contributed by atoms with E-state index in [-0.39, 0.29) is 0 Å². The Kier molecular flexibility index (Phi) is 4.56. The second-order valence-electron chi connectivity index (χ2n) is 6.35. The zero-order valence-corrected chi connectivity index (χ0v) is 14.3. The summed E-state index contributed by atoms with van der Waals surface area (Å²) in [5, 5.41) is 0. The van der Waals surface area contributed by atoms with Crippen molar-refractivity contribution in [2.45, 2.75) is 60.3 Å². The highest BCUT2D eigenvalue weighted by atomic mass is 14.3. The first kappa shape index (κ1) is 15.8. The van der Waals surface area contributed by atoms with Crippen LogP contribution in [0.15, 0.2) is 24.8 Å². The Balaban J connectivity index is 2.83. The molecule has 0 saturated heterocycles. The summed E-state index contributed by atoms with van der Waals surface area (Å²) in [4.78, 5) is 0. The number of allylic oxidation sites excluding steroid dienone is 4. The highest BCUT2D eigenvalue weighted by Crippen LogP contribution is 2.43. The Morgan fingerprint density at radius 1 is 0.857 bits per heavy atom. The summed E-state index contributed by atoms with van der Waals surface area (Å²) in [6, 6.07) is 0. The smallest absolute Gasteiger partial charge is 0.00774 e. The maximum atomic E-state index is 4.36. The Bertz CT molecular complexity index is 639. The highest BCUT2D eigenvalue weighted by Gasteiger charge is 2.23. The van der Waals surface area contributed by atoms with Crippen LogP contribution in [-0.4, -0.2) is 0 Å². The lowest BCUT2D eigenvalue weighted by Crippen LogP contribution is -2.03. The summed E-state index contributed by atoms with van der Waals surface area (Å²) in [5.74, 6) is 0. The lowest BCUT2D eigenvalue weighted by Gasteiger charge is -2.22. The molecule has 2 rings (SSSR count). The van der Waals surface area contributed by atoms with Gasteiger partial charge in [0.25, 0.3) is 0 Å². The van der Waals surface area contributed by atoms with Gasteiger partial charge in [0.2, 0.25) is 0 Å². The van der Waals surface area contributed by atoms with Gasteiger partial charge in [0.1, 0.15) is 0 Å². The largest absolute Gasteiger partial charge is 0.0952 e. The molecule has 0 N–H and O–H groups in total. The van der Waals surface area contributed by atoms with E-state index >= 15 is 0 Å². The van der Waals surface area contributed by atoms with E-state index in [9.17, 15) is 0 Å². The van der Waals surface area contributed by atoms with Crippen molar-refractivity contribution in [2.24, 2.45) is 0 Å². The van der Waals surface area contributed by atoms with Gasteiger partial charge in [-0.25, -0.2) is 0 Å². The molecule has 0 aliphatic heterocycles. The van der Waals surface area contributed by atoms with E-state index in [2.05, 4.69) is 53.9 Å². The van der Waals surface area contributed by atoms with Crippen molar-refractivity contribution in [2.75, 3.05) is 0 Å². The predicted molar refractivity (Wildman–Crippen MR) is 95.7 cm³/mol. The topological polar surface area (TPSA) is 0 Å². The normalized spacial score (nSPS) is 17.1. The molecule has 0 atom stereocenters. The molecule has 0 amide bonds. The van der Waals surface area contributed by atoms with Crippen LogP contribution in [0.1, 0.15) is 66.0 Å². The van der Waals surface area contributed by atoms with E-state index in [0.29, 0.717) is 0 Å². The summed E-state index contributed by atoms with van der Waals surface area (Å²) >= 11 is 0. The molecule has 0 spiro atoms. The summed E-state index contributed by atoms with van der Waals surface area (Å²) in [5.41, 5.74) is 12.2. The van der Waals surface area contributed by atoms with Crippen LogP contribution in [0.5, 0.6) is 0 Å². The quantitative estimate of drug-likeness (QED) is 0.545.